The normalized spacial score (nSPS) is 10.8. The van der Waals surface area contributed by atoms with E-state index in [1.165, 1.54) is 12.8 Å². The summed E-state index contributed by atoms with van der Waals surface area (Å²) in [5, 5.41) is 0.850. The molecule has 0 saturated carbocycles. The summed E-state index contributed by atoms with van der Waals surface area (Å²) in [6.07, 6.45) is 4.35. The van der Waals surface area contributed by atoms with Gasteiger partial charge in [0.15, 0.2) is 0 Å². The summed E-state index contributed by atoms with van der Waals surface area (Å²) < 4.78 is 5.55. The molecule has 134 valence electrons. The number of pyridine rings is 1. The van der Waals surface area contributed by atoms with E-state index in [2.05, 4.69) is 6.92 Å². The van der Waals surface area contributed by atoms with Crippen molar-refractivity contribution in [1.82, 2.24) is 4.98 Å². The van der Waals surface area contributed by atoms with Gasteiger partial charge in [-0.2, -0.15) is 0 Å². The molecule has 0 saturated heterocycles. The van der Waals surface area contributed by atoms with Crippen molar-refractivity contribution in [2.24, 2.45) is 0 Å². The van der Waals surface area contributed by atoms with Crippen molar-refractivity contribution in [1.29, 1.82) is 0 Å². The fourth-order valence-electron chi connectivity index (χ4n) is 3.04. The van der Waals surface area contributed by atoms with E-state index in [0.717, 1.165) is 40.6 Å². The summed E-state index contributed by atoms with van der Waals surface area (Å²) in [5.74, 6) is -0.267. The maximum Gasteiger partial charge on any atom is 0.338 e. The number of hydrogen-bond donors (Lipinski definition) is 0. The molecule has 0 bridgehead atoms. The number of esters is 1. The van der Waals surface area contributed by atoms with E-state index in [1.54, 1.807) is 0 Å². The predicted molar refractivity (Wildman–Crippen MR) is 106 cm³/mol. The molecule has 0 atom stereocenters. The van der Waals surface area contributed by atoms with Gasteiger partial charge in [-0.3, -0.25) is 0 Å². The van der Waals surface area contributed by atoms with Gasteiger partial charge in [0.25, 0.3) is 0 Å². The number of carbonyl (C=O) groups is 1. The smallest absolute Gasteiger partial charge is 0.338 e. The van der Waals surface area contributed by atoms with E-state index < -0.39 is 0 Å². The Labute approximate surface area is 155 Å². The van der Waals surface area contributed by atoms with Gasteiger partial charge >= 0.3 is 5.97 Å². The predicted octanol–water partition coefficient (Wildman–Crippen LogP) is 5.95. The summed E-state index contributed by atoms with van der Waals surface area (Å²) >= 11 is 0. The van der Waals surface area contributed by atoms with E-state index in [1.807, 2.05) is 61.5 Å². The number of nitrogens with zero attached hydrogens (tertiary/aromatic N) is 1. The minimum absolute atomic E-state index is 0.267. The Balaban J connectivity index is 1.93. The lowest BCUT2D eigenvalue weighted by Crippen LogP contribution is -2.08. The van der Waals surface area contributed by atoms with E-state index in [9.17, 15) is 4.79 Å². The van der Waals surface area contributed by atoms with Crippen LogP contribution in [0, 0.1) is 6.92 Å². The molecule has 3 aromatic rings. The zero-order chi connectivity index (χ0) is 18.4. The van der Waals surface area contributed by atoms with Crippen molar-refractivity contribution in [2.45, 2.75) is 39.5 Å². The third-order valence-corrected chi connectivity index (χ3v) is 4.48. The van der Waals surface area contributed by atoms with Crippen LogP contribution in [0.25, 0.3) is 22.2 Å². The fourth-order valence-corrected chi connectivity index (χ4v) is 3.04. The van der Waals surface area contributed by atoms with E-state index in [-0.39, 0.29) is 5.97 Å². The van der Waals surface area contributed by atoms with Crippen molar-refractivity contribution >= 4 is 16.9 Å². The Morgan fingerprint density at radius 2 is 1.81 bits per heavy atom. The molecule has 0 aliphatic carbocycles. The van der Waals surface area contributed by atoms with Crippen LogP contribution in [0.5, 0.6) is 0 Å². The Morgan fingerprint density at radius 1 is 1.00 bits per heavy atom. The molecule has 1 heterocycles. The summed E-state index contributed by atoms with van der Waals surface area (Å²) in [7, 11) is 0. The number of ether oxygens (including phenoxy) is 1. The molecule has 26 heavy (non-hydrogen) atoms. The van der Waals surface area contributed by atoms with Crippen LogP contribution in [-0.2, 0) is 4.74 Å². The lowest BCUT2D eigenvalue weighted by Gasteiger charge is -2.11. The number of aryl methyl sites for hydroxylation is 1. The topological polar surface area (TPSA) is 39.2 Å². The number of carbonyl (C=O) groups excluding carboxylic acids is 1. The molecule has 0 aliphatic heterocycles. The third kappa shape index (κ3) is 4.29. The quantitative estimate of drug-likeness (QED) is 0.392. The van der Waals surface area contributed by atoms with Crippen LogP contribution < -0.4 is 0 Å². The molecule has 3 heteroatoms. The molecule has 0 aliphatic rings. The summed E-state index contributed by atoms with van der Waals surface area (Å²) in [6, 6.07) is 17.8. The molecular formula is C23H25NO2. The second-order valence-electron chi connectivity index (χ2n) is 6.64. The molecular weight excluding hydrogens is 322 g/mol. The van der Waals surface area contributed by atoms with Gasteiger partial charge in [0.2, 0.25) is 0 Å². The van der Waals surface area contributed by atoms with Gasteiger partial charge in [-0.05, 0) is 31.5 Å². The standard InChI is InChI=1S/C23H25NO2/c1-3-4-5-9-14-26-23(25)20-16-22(18-10-7-6-8-11-18)24-21-13-12-17(2)15-19(20)21/h6-8,10-13,15-16H,3-5,9,14H2,1-2H3. The molecule has 2 aromatic carbocycles. The Hall–Kier alpha value is -2.68. The first-order valence-electron chi connectivity index (χ1n) is 9.33. The van der Waals surface area contributed by atoms with Gasteiger partial charge in [-0.1, -0.05) is 68.1 Å². The first-order chi connectivity index (χ1) is 12.7. The largest absolute Gasteiger partial charge is 0.462 e. The van der Waals surface area contributed by atoms with Crippen LogP contribution in [0.4, 0.5) is 0 Å². The molecule has 0 radical (unpaired) electrons. The zero-order valence-electron chi connectivity index (χ0n) is 15.5. The second kappa shape index (κ2) is 8.61. The van der Waals surface area contributed by atoms with Gasteiger partial charge in [0, 0.05) is 10.9 Å². The van der Waals surface area contributed by atoms with Crippen LogP contribution >= 0.6 is 0 Å². The highest BCUT2D eigenvalue weighted by Crippen LogP contribution is 2.26. The van der Waals surface area contributed by atoms with Crippen LogP contribution in [0.15, 0.2) is 54.6 Å². The van der Waals surface area contributed by atoms with Gasteiger partial charge in [0.05, 0.1) is 23.4 Å². The van der Waals surface area contributed by atoms with Gasteiger partial charge in [-0.25, -0.2) is 9.78 Å². The zero-order valence-corrected chi connectivity index (χ0v) is 15.5. The average molecular weight is 347 g/mol. The van der Waals surface area contributed by atoms with Crippen molar-refractivity contribution < 1.29 is 9.53 Å². The molecule has 0 amide bonds. The fraction of sp³-hybridized carbons (Fsp3) is 0.304. The molecule has 0 N–H and O–H groups in total. The lowest BCUT2D eigenvalue weighted by atomic mass is 10.0. The SMILES string of the molecule is CCCCCCOC(=O)c1cc(-c2ccccc2)nc2ccc(C)cc12. The Bertz CT molecular complexity index is 887. The number of unbranched alkanes of at least 4 members (excludes halogenated alkanes) is 3. The minimum atomic E-state index is -0.267. The number of rotatable bonds is 7. The Kier molecular flexibility index (Phi) is 6.00. The minimum Gasteiger partial charge on any atom is -0.462 e. The number of fused-ring (bicyclic) bond motifs is 1. The van der Waals surface area contributed by atoms with Gasteiger partial charge < -0.3 is 4.74 Å². The highest BCUT2D eigenvalue weighted by molar-refractivity contribution is 6.04. The van der Waals surface area contributed by atoms with Crippen molar-refractivity contribution in [3.8, 4) is 11.3 Å². The molecule has 0 fully saturated rings. The van der Waals surface area contributed by atoms with Crippen LogP contribution in [-0.4, -0.2) is 17.6 Å². The maximum absolute atomic E-state index is 12.7. The highest BCUT2D eigenvalue weighted by Gasteiger charge is 2.15. The van der Waals surface area contributed by atoms with Crippen LogP contribution in [0.3, 0.4) is 0 Å². The van der Waals surface area contributed by atoms with Gasteiger partial charge in [0.1, 0.15) is 0 Å². The number of benzene rings is 2. The summed E-state index contributed by atoms with van der Waals surface area (Å²) in [6.45, 7) is 4.65. The highest BCUT2D eigenvalue weighted by atomic mass is 16.5. The van der Waals surface area contributed by atoms with Gasteiger partial charge in [-0.15, -0.1) is 0 Å². The first kappa shape index (κ1) is 18.1. The van der Waals surface area contributed by atoms with Crippen molar-refractivity contribution in [3.63, 3.8) is 0 Å². The van der Waals surface area contributed by atoms with Crippen LogP contribution in [0.1, 0.15) is 48.5 Å². The first-order valence-corrected chi connectivity index (χ1v) is 9.33. The summed E-state index contributed by atoms with van der Waals surface area (Å²) in [5.41, 5.74) is 4.29. The van der Waals surface area contributed by atoms with E-state index in [4.69, 9.17) is 9.72 Å². The molecule has 0 unspecified atom stereocenters. The number of hydrogen-bond acceptors (Lipinski definition) is 3. The van der Waals surface area contributed by atoms with E-state index in [0.29, 0.717) is 12.2 Å². The van der Waals surface area contributed by atoms with Crippen molar-refractivity contribution in [2.75, 3.05) is 6.61 Å². The Morgan fingerprint density at radius 3 is 2.58 bits per heavy atom. The molecule has 1 aromatic heterocycles. The second-order valence-corrected chi connectivity index (χ2v) is 6.64. The lowest BCUT2D eigenvalue weighted by molar-refractivity contribution is 0.0500. The van der Waals surface area contributed by atoms with Crippen LogP contribution in [0.2, 0.25) is 0 Å². The van der Waals surface area contributed by atoms with Crippen molar-refractivity contribution in [3.05, 3.63) is 65.7 Å². The number of aromatic nitrogens is 1. The maximum atomic E-state index is 12.7. The average Bonchev–Trinajstić information content (AvgIpc) is 2.67. The molecule has 3 nitrogen and oxygen atoms in total. The molecule has 3 rings (SSSR count). The third-order valence-electron chi connectivity index (χ3n) is 4.48. The van der Waals surface area contributed by atoms with E-state index >= 15 is 0 Å². The molecule has 0 spiro atoms. The summed E-state index contributed by atoms with van der Waals surface area (Å²) in [4.78, 5) is 17.5. The monoisotopic (exact) mass is 347 g/mol.